The maximum Gasteiger partial charge on any atom is 0.417 e. The molecule has 96 valence electrons. The molecule has 1 atom stereocenters. The number of benzene rings is 1. The maximum atomic E-state index is 12.5. The number of anilines is 1. The first-order valence-electron chi connectivity index (χ1n) is 4.81. The van der Waals surface area contributed by atoms with Crippen LogP contribution in [0.15, 0.2) is 18.2 Å². The van der Waals surface area contributed by atoms with Gasteiger partial charge in [0.25, 0.3) is 0 Å². The average Bonchev–Trinajstić information content (AvgIpc) is 2.26. The Hall–Kier alpha value is -0.980. The van der Waals surface area contributed by atoms with Gasteiger partial charge in [0.2, 0.25) is 0 Å². The molecule has 7 heteroatoms. The van der Waals surface area contributed by atoms with E-state index in [1.165, 1.54) is 6.07 Å². The molecule has 0 saturated heterocycles. The molecule has 0 radical (unpaired) electrons. The molecule has 3 nitrogen and oxygen atoms in total. The fraction of sp³-hybridized carbons (Fsp3) is 0.400. The lowest BCUT2D eigenvalue weighted by Gasteiger charge is -2.14. The number of rotatable bonds is 4. The molecule has 0 fully saturated rings. The molecule has 0 saturated carbocycles. The first-order valence-corrected chi connectivity index (χ1v) is 5.19. The zero-order valence-corrected chi connectivity index (χ0v) is 9.52. The van der Waals surface area contributed by atoms with E-state index >= 15 is 0 Å². The molecule has 17 heavy (non-hydrogen) atoms. The van der Waals surface area contributed by atoms with E-state index in [1.807, 2.05) is 0 Å². The summed E-state index contributed by atoms with van der Waals surface area (Å²) >= 11 is 5.46. The third kappa shape index (κ3) is 4.07. The molecule has 0 bridgehead atoms. The van der Waals surface area contributed by atoms with Gasteiger partial charge in [-0.15, -0.1) is 0 Å². The van der Waals surface area contributed by atoms with Gasteiger partial charge in [-0.2, -0.15) is 13.2 Å². The number of nitrogens with two attached hydrogens (primary N) is 1. The second-order valence-electron chi connectivity index (χ2n) is 3.52. The van der Waals surface area contributed by atoms with Crippen LogP contribution in [0.3, 0.4) is 0 Å². The molecular weight excluding hydrogens is 257 g/mol. The summed E-state index contributed by atoms with van der Waals surface area (Å²) in [6.07, 6.45) is -4.49. The second-order valence-corrected chi connectivity index (χ2v) is 3.92. The zero-order valence-electron chi connectivity index (χ0n) is 8.76. The Morgan fingerprint density at radius 3 is 2.59 bits per heavy atom. The number of halogens is 4. The van der Waals surface area contributed by atoms with Crippen molar-refractivity contribution in [1.82, 2.24) is 0 Å². The lowest BCUT2D eigenvalue weighted by molar-refractivity contribution is -0.137. The van der Waals surface area contributed by atoms with Gasteiger partial charge in [-0.25, -0.2) is 0 Å². The van der Waals surface area contributed by atoms with E-state index < -0.39 is 17.8 Å². The van der Waals surface area contributed by atoms with Crippen LogP contribution in [-0.2, 0) is 6.18 Å². The number of aliphatic hydroxyl groups excluding tert-OH is 1. The monoisotopic (exact) mass is 268 g/mol. The molecule has 1 aromatic carbocycles. The third-order valence-electron chi connectivity index (χ3n) is 2.07. The summed E-state index contributed by atoms with van der Waals surface area (Å²) in [7, 11) is 0. The van der Waals surface area contributed by atoms with Gasteiger partial charge in [-0.1, -0.05) is 11.6 Å². The van der Waals surface area contributed by atoms with Crippen LogP contribution in [0.25, 0.3) is 0 Å². The maximum absolute atomic E-state index is 12.5. The molecule has 0 heterocycles. The van der Waals surface area contributed by atoms with E-state index in [2.05, 4.69) is 5.32 Å². The van der Waals surface area contributed by atoms with Gasteiger partial charge in [0.1, 0.15) is 0 Å². The number of aliphatic hydroxyl groups is 1. The fourth-order valence-electron chi connectivity index (χ4n) is 1.17. The van der Waals surface area contributed by atoms with Gasteiger partial charge in [0.05, 0.1) is 17.2 Å². The molecule has 0 aliphatic heterocycles. The zero-order chi connectivity index (χ0) is 13.1. The Morgan fingerprint density at radius 1 is 1.41 bits per heavy atom. The molecule has 0 amide bonds. The number of hydrogen-bond acceptors (Lipinski definition) is 3. The third-order valence-corrected chi connectivity index (χ3v) is 2.40. The first-order chi connectivity index (χ1) is 7.84. The van der Waals surface area contributed by atoms with E-state index in [4.69, 9.17) is 22.4 Å². The van der Waals surface area contributed by atoms with Gasteiger partial charge >= 0.3 is 6.18 Å². The Kier molecular flexibility index (Phi) is 4.62. The van der Waals surface area contributed by atoms with Crippen LogP contribution in [0, 0.1) is 0 Å². The Bertz CT molecular complexity index is 384. The molecule has 1 rings (SSSR count). The van der Waals surface area contributed by atoms with Crippen LogP contribution in [0.2, 0.25) is 5.02 Å². The molecule has 1 aromatic rings. The van der Waals surface area contributed by atoms with Gasteiger partial charge in [0, 0.05) is 18.3 Å². The molecule has 0 aliphatic rings. The summed E-state index contributed by atoms with van der Waals surface area (Å²) in [6.45, 7) is -0.0673. The second kappa shape index (κ2) is 5.57. The van der Waals surface area contributed by atoms with Crippen molar-refractivity contribution in [1.29, 1.82) is 0 Å². The van der Waals surface area contributed by atoms with Crippen molar-refractivity contribution in [3.63, 3.8) is 0 Å². The van der Waals surface area contributed by atoms with Gasteiger partial charge in [0.15, 0.2) is 0 Å². The van der Waals surface area contributed by atoms with Crippen LogP contribution >= 0.6 is 11.6 Å². The lowest BCUT2D eigenvalue weighted by Crippen LogP contribution is -2.32. The summed E-state index contributed by atoms with van der Waals surface area (Å²) in [5.74, 6) is 0. The predicted molar refractivity (Wildman–Crippen MR) is 60.0 cm³/mol. The van der Waals surface area contributed by atoms with Gasteiger partial charge < -0.3 is 16.2 Å². The fourth-order valence-corrected chi connectivity index (χ4v) is 1.39. The minimum absolute atomic E-state index is 0.176. The van der Waals surface area contributed by atoms with Crippen LogP contribution in [0.5, 0.6) is 0 Å². The Morgan fingerprint density at radius 2 is 2.06 bits per heavy atom. The highest BCUT2D eigenvalue weighted by molar-refractivity contribution is 6.31. The average molecular weight is 269 g/mol. The van der Waals surface area contributed by atoms with E-state index in [-0.39, 0.29) is 23.9 Å². The molecular formula is C10H12ClF3N2O. The topological polar surface area (TPSA) is 58.3 Å². The van der Waals surface area contributed by atoms with Crippen LogP contribution in [0.1, 0.15) is 5.56 Å². The smallest absolute Gasteiger partial charge is 0.395 e. The van der Waals surface area contributed by atoms with Crippen molar-refractivity contribution >= 4 is 17.3 Å². The minimum atomic E-state index is -4.49. The summed E-state index contributed by atoms with van der Waals surface area (Å²) in [5.41, 5.74) is 4.77. The van der Waals surface area contributed by atoms with E-state index in [9.17, 15) is 13.2 Å². The number of nitrogens with one attached hydrogen (secondary N) is 1. The summed E-state index contributed by atoms with van der Waals surface area (Å²) < 4.78 is 37.6. The van der Waals surface area contributed by atoms with E-state index in [1.54, 1.807) is 0 Å². The van der Waals surface area contributed by atoms with Gasteiger partial charge in [-0.3, -0.25) is 0 Å². The van der Waals surface area contributed by atoms with E-state index in [0.717, 1.165) is 12.1 Å². The predicted octanol–water partition coefficient (Wildman–Crippen LogP) is 2.09. The highest BCUT2D eigenvalue weighted by atomic mass is 35.5. The molecule has 0 aromatic heterocycles. The van der Waals surface area contributed by atoms with Crippen LogP contribution < -0.4 is 11.1 Å². The van der Waals surface area contributed by atoms with Crippen molar-refractivity contribution in [2.24, 2.45) is 5.73 Å². The Balaban J connectivity index is 2.82. The SMILES string of the molecule is NC(CO)CNc1ccc(Cl)c(C(F)(F)F)c1. The summed E-state index contributed by atoms with van der Waals surface area (Å²) in [6, 6.07) is 2.96. The number of hydrogen-bond donors (Lipinski definition) is 3. The molecule has 4 N–H and O–H groups in total. The van der Waals surface area contributed by atoms with Gasteiger partial charge in [-0.05, 0) is 18.2 Å². The van der Waals surface area contributed by atoms with Crippen LogP contribution in [-0.4, -0.2) is 24.3 Å². The van der Waals surface area contributed by atoms with E-state index in [0.29, 0.717) is 0 Å². The standard InChI is InChI=1S/C10H12ClF3N2O/c11-9-2-1-7(16-4-6(15)5-17)3-8(9)10(12,13)14/h1-3,6,16-17H,4-5,15H2. The summed E-state index contributed by atoms with van der Waals surface area (Å²) in [4.78, 5) is 0. The molecule has 0 spiro atoms. The van der Waals surface area contributed by atoms with Crippen molar-refractivity contribution in [3.05, 3.63) is 28.8 Å². The quantitative estimate of drug-likeness (QED) is 0.784. The molecule has 1 unspecified atom stereocenters. The minimum Gasteiger partial charge on any atom is -0.395 e. The Labute approximate surface area is 101 Å². The largest absolute Gasteiger partial charge is 0.417 e. The highest BCUT2D eigenvalue weighted by Gasteiger charge is 2.33. The summed E-state index contributed by atoms with van der Waals surface area (Å²) in [5, 5.41) is 11.0. The van der Waals surface area contributed by atoms with Crippen molar-refractivity contribution in [3.8, 4) is 0 Å². The van der Waals surface area contributed by atoms with Crippen molar-refractivity contribution in [2.75, 3.05) is 18.5 Å². The first kappa shape index (κ1) is 14.1. The highest BCUT2D eigenvalue weighted by Crippen LogP contribution is 2.36. The molecule has 0 aliphatic carbocycles. The van der Waals surface area contributed by atoms with Crippen molar-refractivity contribution in [2.45, 2.75) is 12.2 Å². The number of alkyl halides is 3. The van der Waals surface area contributed by atoms with Crippen molar-refractivity contribution < 1.29 is 18.3 Å². The normalized spacial score (nSPS) is 13.5. The van der Waals surface area contributed by atoms with Crippen LogP contribution in [0.4, 0.5) is 18.9 Å². The lowest BCUT2D eigenvalue weighted by atomic mass is 10.2.